The van der Waals surface area contributed by atoms with Gasteiger partial charge < -0.3 is 9.30 Å². The van der Waals surface area contributed by atoms with E-state index in [0.29, 0.717) is 6.54 Å². The van der Waals surface area contributed by atoms with Crippen LogP contribution in [0.2, 0.25) is 5.15 Å². The van der Waals surface area contributed by atoms with E-state index in [-0.39, 0.29) is 16.8 Å². The highest BCUT2D eigenvalue weighted by Crippen LogP contribution is 1.96. The molecule has 13 heavy (non-hydrogen) atoms. The number of methoxy groups -OCH3 is 1. The lowest BCUT2D eigenvalue weighted by molar-refractivity contribution is 0.102. The molecule has 1 atom stereocenters. The lowest BCUT2D eigenvalue weighted by Gasteiger charge is -2.10. The van der Waals surface area contributed by atoms with Crippen LogP contribution < -0.4 is 5.56 Å². The Morgan fingerprint density at radius 1 is 1.77 bits per heavy atom. The normalized spacial score (nSPS) is 12.8. The van der Waals surface area contributed by atoms with E-state index in [0.717, 1.165) is 0 Å². The van der Waals surface area contributed by atoms with Gasteiger partial charge in [-0.3, -0.25) is 4.79 Å². The highest BCUT2D eigenvalue weighted by Gasteiger charge is 2.05. The van der Waals surface area contributed by atoms with E-state index in [9.17, 15) is 4.79 Å². The van der Waals surface area contributed by atoms with Crippen molar-refractivity contribution < 1.29 is 4.74 Å². The summed E-state index contributed by atoms with van der Waals surface area (Å²) >= 11 is 5.56. The Labute approximate surface area is 81.1 Å². The fourth-order valence-electron chi connectivity index (χ4n) is 0.916. The average molecular weight is 203 g/mol. The van der Waals surface area contributed by atoms with Gasteiger partial charge in [0.1, 0.15) is 0 Å². The number of hydrogen-bond acceptors (Lipinski definition) is 3. The van der Waals surface area contributed by atoms with Gasteiger partial charge in [0.05, 0.1) is 12.6 Å². The summed E-state index contributed by atoms with van der Waals surface area (Å²) in [7, 11) is 1.60. The Morgan fingerprint density at radius 3 is 3.08 bits per heavy atom. The predicted molar refractivity (Wildman–Crippen MR) is 50.0 cm³/mol. The fraction of sp³-hybridized carbons (Fsp3) is 0.500. The SMILES string of the molecule is COC(C)Cn1ccnc(Cl)c1=O. The fourth-order valence-corrected chi connectivity index (χ4v) is 1.08. The second-order valence-corrected chi connectivity index (χ2v) is 3.08. The molecule has 0 aliphatic rings. The van der Waals surface area contributed by atoms with Crippen molar-refractivity contribution in [2.24, 2.45) is 0 Å². The summed E-state index contributed by atoms with van der Waals surface area (Å²) in [4.78, 5) is 15.0. The summed E-state index contributed by atoms with van der Waals surface area (Å²) < 4.78 is 6.50. The summed E-state index contributed by atoms with van der Waals surface area (Å²) in [5.74, 6) is 0. The molecule has 72 valence electrons. The Morgan fingerprint density at radius 2 is 2.46 bits per heavy atom. The molecule has 1 rings (SSSR count). The van der Waals surface area contributed by atoms with Gasteiger partial charge in [0.25, 0.3) is 5.56 Å². The van der Waals surface area contributed by atoms with E-state index in [2.05, 4.69) is 4.98 Å². The van der Waals surface area contributed by atoms with Crippen molar-refractivity contribution in [2.45, 2.75) is 19.6 Å². The first kappa shape index (κ1) is 10.2. The lowest BCUT2D eigenvalue weighted by atomic mass is 10.4. The van der Waals surface area contributed by atoms with Gasteiger partial charge in [-0.05, 0) is 6.92 Å². The molecule has 0 bridgehead atoms. The van der Waals surface area contributed by atoms with Crippen molar-refractivity contribution in [3.8, 4) is 0 Å². The van der Waals surface area contributed by atoms with Crippen molar-refractivity contribution in [1.29, 1.82) is 0 Å². The Hall–Kier alpha value is -0.870. The quantitative estimate of drug-likeness (QED) is 0.733. The first-order valence-corrected chi connectivity index (χ1v) is 4.26. The molecule has 1 aromatic heterocycles. The van der Waals surface area contributed by atoms with Gasteiger partial charge in [-0.25, -0.2) is 4.98 Å². The maximum Gasteiger partial charge on any atom is 0.288 e. The predicted octanol–water partition coefficient (Wildman–Crippen LogP) is 0.932. The van der Waals surface area contributed by atoms with Crippen molar-refractivity contribution in [3.63, 3.8) is 0 Å². The lowest BCUT2D eigenvalue weighted by Crippen LogP contribution is -2.26. The second-order valence-electron chi connectivity index (χ2n) is 2.72. The van der Waals surface area contributed by atoms with Crippen LogP contribution in [0.4, 0.5) is 0 Å². The summed E-state index contributed by atoms with van der Waals surface area (Å²) in [5, 5.41) is -0.00852. The Balaban J connectivity index is 2.89. The molecular formula is C8H11ClN2O2. The minimum absolute atomic E-state index is 0.00852. The Bertz CT molecular complexity index is 337. The summed E-state index contributed by atoms with van der Waals surface area (Å²) in [6, 6.07) is 0. The van der Waals surface area contributed by atoms with E-state index < -0.39 is 0 Å². The van der Waals surface area contributed by atoms with Crippen molar-refractivity contribution >= 4 is 11.6 Å². The number of hydrogen-bond donors (Lipinski definition) is 0. The molecule has 0 aliphatic heterocycles. The maximum atomic E-state index is 11.3. The molecule has 1 heterocycles. The van der Waals surface area contributed by atoms with Crippen LogP contribution in [-0.4, -0.2) is 22.8 Å². The molecule has 0 saturated heterocycles. The van der Waals surface area contributed by atoms with Gasteiger partial charge >= 0.3 is 0 Å². The number of ether oxygens (including phenoxy) is 1. The van der Waals surface area contributed by atoms with E-state index in [1.165, 1.54) is 10.8 Å². The van der Waals surface area contributed by atoms with Crippen LogP contribution in [0, 0.1) is 0 Å². The molecule has 0 amide bonds. The van der Waals surface area contributed by atoms with Crippen LogP contribution in [0.5, 0.6) is 0 Å². The van der Waals surface area contributed by atoms with Crippen molar-refractivity contribution in [1.82, 2.24) is 9.55 Å². The Kier molecular flexibility index (Phi) is 3.45. The van der Waals surface area contributed by atoms with Crippen LogP contribution in [0.1, 0.15) is 6.92 Å². The minimum atomic E-state index is -0.284. The molecule has 0 aliphatic carbocycles. The van der Waals surface area contributed by atoms with Gasteiger partial charge in [0, 0.05) is 19.5 Å². The van der Waals surface area contributed by atoms with Gasteiger partial charge in [0.15, 0.2) is 5.15 Å². The van der Waals surface area contributed by atoms with E-state index >= 15 is 0 Å². The van der Waals surface area contributed by atoms with Crippen molar-refractivity contribution in [3.05, 3.63) is 27.9 Å². The highest BCUT2D eigenvalue weighted by atomic mass is 35.5. The van der Waals surface area contributed by atoms with Crippen LogP contribution in [0.25, 0.3) is 0 Å². The zero-order chi connectivity index (χ0) is 9.84. The monoisotopic (exact) mass is 202 g/mol. The molecule has 1 unspecified atom stereocenters. The van der Waals surface area contributed by atoms with Crippen LogP contribution in [0.15, 0.2) is 17.2 Å². The maximum absolute atomic E-state index is 11.3. The molecule has 0 spiro atoms. The third kappa shape index (κ3) is 2.54. The smallest absolute Gasteiger partial charge is 0.288 e. The largest absolute Gasteiger partial charge is 0.380 e. The second kappa shape index (κ2) is 4.39. The van der Waals surface area contributed by atoms with Crippen molar-refractivity contribution in [2.75, 3.05) is 7.11 Å². The van der Waals surface area contributed by atoms with Gasteiger partial charge in [-0.2, -0.15) is 0 Å². The highest BCUT2D eigenvalue weighted by molar-refractivity contribution is 6.29. The first-order valence-electron chi connectivity index (χ1n) is 3.89. The third-order valence-electron chi connectivity index (χ3n) is 1.73. The summed E-state index contributed by atoms with van der Waals surface area (Å²) in [5.41, 5.74) is -0.284. The first-order chi connectivity index (χ1) is 6.15. The molecular weight excluding hydrogens is 192 g/mol. The molecule has 0 saturated carbocycles. The minimum Gasteiger partial charge on any atom is -0.380 e. The van der Waals surface area contributed by atoms with E-state index in [4.69, 9.17) is 16.3 Å². The number of nitrogens with zero attached hydrogens (tertiary/aromatic N) is 2. The molecule has 0 aromatic carbocycles. The standard InChI is InChI=1S/C8H11ClN2O2/c1-6(13-2)5-11-4-3-10-7(9)8(11)12/h3-4,6H,5H2,1-2H3. The molecule has 1 aromatic rings. The summed E-state index contributed by atoms with van der Waals surface area (Å²) in [6.07, 6.45) is 3.06. The number of aromatic nitrogens is 2. The van der Waals surface area contributed by atoms with E-state index in [1.54, 1.807) is 13.3 Å². The zero-order valence-corrected chi connectivity index (χ0v) is 8.28. The molecule has 4 nitrogen and oxygen atoms in total. The van der Waals surface area contributed by atoms with E-state index in [1.807, 2.05) is 6.92 Å². The van der Waals surface area contributed by atoms with Crippen LogP contribution in [0.3, 0.4) is 0 Å². The summed E-state index contributed by atoms with van der Waals surface area (Å²) in [6.45, 7) is 2.36. The van der Waals surface area contributed by atoms with Crippen LogP contribution in [-0.2, 0) is 11.3 Å². The third-order valence-corrected chi connectivity index (χ3v) is 1.99. The topological polar surface area (TPSA) is 44.1 Å². The molecule has 5 heteroatoms. The number of halogens is 1. The zero-order valence-electron chi connectivity index (χ0n) is 7.53. The van der Waals surface area contributed by atoms with Crippen LogP contribution >= 0.6 is 11.6 Å². The van der Waals surface area contributed by atoms with Gasteiger partial charge in [-0.15, -0.1) is 0 Å². The van der Waals surface area contributed by atoms with Gasteiger partial charge in [0.2, 0.25) is 0 Å². The van der Waals surface area contributed by atoms with Gasteiger partial charge in [-0.1, -0.05) is 11.6 Å². The molecule has 0 fully saturated rings. The molecule has 0 N–H and O–H groups in total. The number of rotatable bonds is 3. The molecule has 0 radical (unpaired) electrons. The average Bonchev–Trinajstić information content (AvgIpc) is 2.13.